The number of hydrogen-bond acceptors (Lipinski definition) is 4. The number of carbonyl (C=O) groups is 2. The van der Waals surface area contributed by atoms with E-state index in [9.17, 15) is 9.59 Å². The number of anilines is 2. The van der Waals surface area contributed by atoms with E-state index in [0.29, 0.717) is 22.5 Å². The van der Waals surface area contributed by atoms with E-state index in [0.717, 1.165) is 42.6 Å². The number of amides is 2. The summed E-state index contributed by atoms with van der Waals surface area (Å²) in [7, 11) is 4.03. The summed E-state index contributed by atoms with van der Waals surface area (Å²) < 4.78 is 15.2. The molecule has 0 spiro atoms. The molecule has 6 nitrogen and oxygen atoms in total. The number of fused-ring (bicyclic) bond motifs is 1. The molecule has 0 radical (unpaired) electrons. The van der Waals surface area contributed by atoms with Gasteiger partial charge in [0.2, 0.25) is 0 Å². The van der Waals surface area contributed by atoms with E-state index in [1.54, 1.807) is 0 Å². The predicted molar refractivity (Wildman–Crippen MR) is 141 cm³/mol. The number of benzene rings is 3. The largest absolute Gasteiger partial charge is 0.354 e. The Balaban J connectivity index is 1.54. The maximum Gasteiger partial charge on any atom is 0.258 e. The maximum atomic E-state index is 15.2. The van der Waals surface area contributed by atoms with E-state index in [-0.39, 0.29) is 17.5 Å². The van der Waals surface area contributed by atoms with E-state index >= 15 is 4.39 Å². The molecule has 36 heavy (non-hydrogen) atoms. The van der Waals surface area contributed by atoms with Crippen molar-refractivity contribution in [1.82, 2.24) is 10.2 Å². The highest BCUT2D eigenvalue weighted by atomic mass is 19.1. The van der Waals surface area contributed by atoms with E-state index in [1.165, 1.54) is 12.1 Å². The molecule has 3 aromatic rings. The van der Waals surface area contributed by atoms with Gasteiger partial charge in [-0.3, -0.25) is 9.59 Å². The molecule has 0 unspecified atom stereocenters. The smallest absolute Gasteiger partial charge is 0.258 e. The Morgan fingerprint density at radius 1 is 1.06 bits per heavy atom. The van der Waals surface area contributed by atoms with Gasteiger partial charge >= 0.3 is 0 Å². The van der Waals surface area contributed by atoms with Gasteiger partial charge in [-0.1, -0.05) is 42.5 Å². The van der Waals surface area contributed by atoms with Crippen LogP contribution in [-0.2, 0) is 11.3 Å². The van der Waals surface area contributed by atoms with E-state index in [4.69, 9.17) is 0 Å². The molecule has 3 aromatic carbocycles. The number of halogens is 1. The zero-order valence-corrected chi connectivity index (χ0v) is 20.4. The van der Waals surface area contributed by atoms with Crippen LogP contribution in [0.25, 0.3) is 11.3 Å². The highest BCUT2D eigenvalue weighted by Crippen LogP contribution is 2.39. The molecule has 2 aliphatic rings. The molecule has 7 heteroatoms. The van der Waals surface area contributed by atoms with Gasteiger partial charge in [-0.15, -0.1) is 0 Å². The standard InChI is InChI=1S/C29H29FN4O2/c1-34(2)17-18-11-13-21(14-12-18)31-27(19-7-4-3-5-8-19)26-23-15-24(30)22(16-25(23)33-29(26)36)28(35)32-20-9-6-10-20/h3-5,7-8,11-16,20,31H,6,9-10,17H2,1-2H3,(H,32,35)(H,33,36)/b27-26-. The van der Waals surface area contributed by atoms with Crippen molar-refractivity contribution in [2.45, 2.75) is 31.8 Å². The van der Waals surface area contributed by atoms with Gasteiger partial charge in [0.1, 0.15) is 5.82 Å². The summed E-state index contributed by atoms with van der Waals surface area (Å²) in [6.45, 7) is 0.818. The number of nitrogens with zero attached hydrogens (tertiary/aromatic N) is 1. The molecule has 0 bridgehead atoms. The van der Waals surface area contributed by atoms with Gasteiger partial charge in [0.15, 0.2) is 0 Å². The minimum Gasteiger partial charge on any atom is -0.354 e. The van der Waals surface area contributed by atoms with Gasteiger partial charge in [0, 0.05) is 23.8 Å². The van der Waals surface area contributed by atoms with Crippen molar-refractivity contribution in [3.05, 3.63) is 94.8 Å². The van der Waals surface area contributed by atoms with Gasteiger partial charge in [-0.2, -0.15) is 0 Å². The lowest BCUT2D eigenvalue weighted by Gasteiger charge is -2.26. The average molecular weight is 485 g/mol. The molecule has 5 rings (SSSR count). The third-order valence-corrected chi connectivity index (χ3v) is 6.57. The molecule has 1 fully saturated rings. The van der Waals surface area contributed by atoms with Crippen LogP contribution in [0.4, 0.5) is 15.8 Å². The molecule has 1 aliphatic carbocycles. The second kappa shape index (κ2) is 9.95. The van der Waals surface area contributed by atoms with E-state index in [1.807, 2.05) is 68.7 Å². The number of rotatable bonds is 7. The minimum absolute atomic E-state index is 0.0621. The molecule has 1 aliphatic heterocycles. The van der Waals surface area contributed by atoms with Crippen molar-refractivity contribution in [2.24, 2.45) is 0 Å². The second-order valence-corrected chi connectivity index (χ2v) is 9.61. The SMILES string of the molecule is CN(C)Cc1ccc(N/C(=C2\C(=O)Nc3cc(C(=O)NC4CCC4)c(F)cc32)c2ccccc2)cc1. The lowest BCUT2D eigenvalue weighted by Crippen LogP contribution is -2.39. The first-order valence-corrected chi connectivity index (χ1v) is 12.2. The first-order chi connectivity index (χ1) is 17.4. The van der Waals surface area contributed by atoms with Gasteiger partial charge in [-0.25, -0.2) is 4.39 Å². The van der Waals surface area contributed by atoms with Crippen LogP contribution < -0.4 is 16.0 Å². The molecule has 1 saturated carbocycles. The van der Waals surface area contributed by atoms with Gasteiger partial charge in [0.05, 0.1) is 22.5 Å². The molecule has 0 atom stereocenters. The fourth-order valence-electron chi connectivity index (χ4n) is 4.52. The Bertz CT molecular complexity index is 1330. The highest BCUT2D eigenvalue weighted by molar-refractivity contribution is 6.37. The van der Waals surface area contributed by atoms with Crippen molar-refractivity contribution < 1.29 is 14.0 Å². The summed E-state index contributed by atoms with van der Waals surface area (Å²) in [4.78, 5) is 27.9. The molecule has 184 valence electrons. The van der Waals surface area contributed by atoms with Crippen LogP contribution in [0, 0.1) is 5.82 Å². The number of hydrogen-bond donors (Lipinski definition) is 3. The quantitative estimate of drug-likeness (QED) is 0.408. The Morgan fingerprint density at radius 3 is 2.42 bits per heavy atom. The van der Waals surface area contributed by atoms with Crippen molar-refractivity contribution in [2.75, 3.05) is 24.7 Å². The highest BCUT2D eigenvalue weighted by Gasteiger charge is 2.31. The molecule has 0 aromatic heterocycles. The van der Waals surface area contributed by atoms with Gasteiger partial charge in [0.25, 0.3) is 11.8 Å². The lowest BCUT2D eigenvalue weighted by molar-refractivity contribution is -0.110. The lowest BCUT2D eigenvalue weighted by atomic mass is 9.92. The van der Waals surface area contributed by atoms with Crippen LogP contribution in [0.3, 0.4) is 0 Å². The Morgan fingerprint density at radius 2 is 1.78 bits per heavy atom. The number of nitrogens with one attached hydrogen (secondary N) is 3. The maximum absolute atomic E-state index is 15.2. The minimum atomic E-state index is -0.653. The van der Waals surface area contributed by atoms with Crippen molar-refractivity contribution in [1.29, 1.82) is 0 Å². The van der Waals surface area contributed by atoms with Crippen molar-refractivity contribution in [3.63, 3.8) is 0 Å². The van der Waals surface area contributed by atoms with Crippen molar-refractivity contribution >= 4 is 34.5 Å². The summed E-state index contributed by atoms with van der Waals surface area (Å²) in [6, 6.07) is 20.3. The molecule has 1 heterocycles. The molecular formula is C29H29FN4O2. The monoisotopic (exact) mass is 484 g/mol. The number of carbonyl (C=O) groups excluding carboxylic acids is 2. The predicted octanol–water partition coefficient (Wildman–Crippen LogP) is 5.10. The Labute approximate surface area is 210 Å². The summed E-state index contributed by atoms with van der Waals surface area (Å²) in [6.07, 6.45) is 2.88. The van der Waals surface area contributed by atoms with Crippen LogP contribution in [0.15, 0.2) is 66.7 Å². The first kappa shape index (κ1) is 23.8. The fraction of sp³-hybridized carbons (Fsp3) is 0.241. The summed E-state index contributed by atoms with van der Waals surface area (Å²) >= 11 is 0. The average Bonchev–Trinajstić information content (AvgIpc) is 3.15. The van der Waals surface area contributed by atoms with Crippen LogP contribution in [-0.4, -0.2) is 36.9 Å². The van der Waals surface area contributed by atoms with Crippen LogP contribution in [0.2, 0.25) is 0 Å². The van der Waals surface area contributed by atoms with Crippen molar-refractivity contribution in [3.8, 4) is 0 Å². The van der Waals surface area contributed by atoms with E-state index < -0.39 is 11.7 Å². The molecular weight excluding hydrogens is 455 g/mol. The molecule has 2 amide bonds. The zero-order chi connectivity index (χ0) is 25.2. The van der Waals surface area contributed by atoms with E-state index in [2.05, 4.69) is 20.9 Å². The van der Waals surface area contributed by atoms with Crippen LogP contribution >= 0.6 is 0 Å². The van der Waals surface area contributed by atoms with Crippen LogP contribution in [0.5, 0.6) is 0 Å². The zero-order valence-electron chi connectivity index (χ0n) is 20.4. The van der Waals surface area contributed by atoms with Crippen LogP contribution in [0.1, 0.15) is 46.3 Å². The topological polar surface area (TPSA) is 73.5 Å². The summed E-state index contributed by atoms with van der Waals surface area (Å²) in [5.41, 5.74) is 4.45. The molecule has 3 N–H and O–H groups in total. The Kier molecular flexibility index (Phi) is 6.57. The summed E-state index contributed by atoms with van der Waals surface area (Å²) in [5.74, 6) is -1.46. The van der Waals surface area contributed by atoms with Gasteiger partial charge in [-0.05, 0) is 68.8 Å². The Hall–Kier alpha value is -3.97. The molecule has 0 saturated heterocycles. The second-order valence-electron chi connectivity index (χ2n) is 9.61. The first-order valence-electron chi connectivity index (χ1n) is 12.2. The summed E-state index contributed by atoms with van der Waals surface area (Å²) in [5, 5.41) is 9.09. The third kappa shape index (κ3) is 4.88. The normalized spacial score (nSPS) is 16.3. The van der Waals surface area contributed by atoms with Gasteiger partial charge < -0.3 is 20.9 Å². The third-order valence-electron chi connectivity index (χ3n) is 6.57. The fourth-order valence-corrected chi connectivity index (χ4v) is 4.52.